The zero-order valence-corrected chi connectivity index (χ0v) is 15.2. The number of anilines is 1. The van der Waals surface area contributed by atoms with E-state index in [1.54, 1.807) is 0 Å². The summed E-state index contributed by atoms with van der Waals surface area (Å²) in [5.74, 6) is 0. The van der Waals surface area contributed by atoms with E-state index in [1.807, 2.05) is 0 Å². The van der Waals surface area contributed by atoms with E-state index in [0.29, 0.717) is 19.1 Å². The maximum absolute atomic E-state index is 12.0. The van der Waals surface area contributed by atoms with Crippen LogP contribution < -0.4 is 15.5 Å². The van der Waals surface area contributed by atoms with Crippen molar-refractivity contribution < 1.29 is 4.79 Å². The van der Waals surface area contributed by atoms with Crippen molar-refractivity contribution in [1.29, 1.82) is 0 Å². The first-order chi connectivity index (χ1) is 12.2. The van der Waals surface area contributed by atoms with Crippen LogP contribution in [0.25, 0.3) is 0 Å². The van der Waals surface area contributed by atoms with Gasteiger partial charge in [0.2, 0.25) is 0 Å². The number of rotatable bonds is 6. The van der Waals surface area contributed by atoms with Crippen molar-refractivity contribution in [1.82, 2.24) is 15.5 Å². The molecule has 2 aliphatic rings. The Bertz CT molecular complexity index is 593. The molecule has 0 bridgehead atoms. The van der Waals surface area contributed by atoms with E-state index in [4.69, 9.17) is 0 Å². The summed E-state index contributed by atoms with van der Waals surface area (Å²) in [5, 5.41) is 5.94. The van der Waals surface area contributed by atoms with Crippen molar-refractivity contribution in [3.05, 3.63) is 42.0 Å². The molecule has 0 aromatic heterocycles. The lowest BCUT2D eigenvalue weighted by Gasteiger charge is -2.33. The number of amides is 2. The Labute approximate surface area is 151 Å². The summed E-state index contributed by atoms with van der Waals surface area (Å²) >= 11 is 0. The molecule has 5 nitrogen and oxygen atoms in total. The molecule has 136 valence electrons. The first-order valence-corrected chi connectivity index (χ1v) is 9.47. The second-order valence-electron chi connectivity index (χ2n) is 7.04. The van der Waals surface area contributed by atoms with E-state index in [0.717, 1.165) is 31.7 Å². The smallest absolute Gasteiger partial charge is 0.315 e. The van der Waals surface area contributed by atoms with Gasteiger partial charge in [0.1, 0.15) is 0 Å². The Balaban J connectivity index is 1.38. The Hall–Kier alpha value is -2.01. The largest absolute Gasteiger partial charge is 0.364 e. The van der Waals surface area contributed by atoms with Crippen LogP contribution >= 0.6 is 0 Å². The minimum atomic E-state index is -0.0853. The maximum atomic E-state index is 12.0. The second kappa shape index (κ2) is 8.90. The van der Waals surface area contributed by atoms with E-state index in [-0.39, 0.29) is 6.03 Å². The number of nitrogens with zero attached hydrogens (tertiary/aromatic N) is 2. The highest BCUT2D eigenvalue weighted by molar-refractivity contribution is 5.73. The summed E-state index contributed by atoms with van der Waals surface area (Å²) in [4.78, 5) is 16.8. The molecule has 2 aliphatic heterocycles. The third-order valence-electron chi connectivity index (χ3n) is 5.17. The quantitative estimate of drug-likeness (QED) is 0.782. The van der Waals surface area contributed by atoms with Gasteiger partial charge < -0.3 is 15.5 Å². The number of urea groups is 1. The van der Waals surface area contributed by atoms with Gasteiger partial charge in [0.25, 0.3) is 0 Å². The maximum Gasteiger partial charge on any atom is 0.315 e. The van der Waals surface area contributed by atoms with Crippen molar-refractivity contribution in [3.8, 4) is 0 Å². The number of piperidine rings is 1. The molecule has 0 radical (unpaired) electrons. The monoisotopic (exact) mass is 342 g/mol. The summed E-state index contributed by atoms with van der Waals surface area (Å²) in [6, 6.07) is 8.95. The highest BCUT2D eigenvalue weighted by atomic mass is 16.2. The Morgan fingerprint density at radius 2 is 2.04 bits per heavy atom. The molecule has 1 atom stereocenters. The fourth-order valence-corrected chi connectivity index (χ4v) is 3.60. The van der Waals surface area contributed by atoms with Gasteiger partial charge in [0.15, 0.2) is 0 Å². The fourth-order valence-electron chi connectivity index (χ4n) is 3.60. The molecule has 1 aromatic rings. The van der Waals surface area contributed by atoms with Gasteiger partial charge in [-0.05, 0) is 44.0 Å². The molecule has 25 heavy (non-hydrogen) atoms. The minimum Gasteiger partial charge on any atom is -0.364 e. The minimum absolute atomic E-state index is 0.0853. The van der Waals surface area contributed by atoms with Gasteiger partial charge in [0, 0.05) is 44.5 Å². The Kier molecular flexibility index (Phi) is 6.34. The fraction of sp³-hybridized carbons (Fsp3) is 0.550. The van der Waals surface area contributed by atoms with Gasteiger partial charge in [-0.15, -0.1) is 0 Å². The van der Waals surface area contributed by atoms with E-state index in [1.165, 1.54) is 24.9 Å². The predicted octanol–water partition coefficient (Wildman–Crippen LogP) is 2.74. The average Bonchev–Trinajstić information content (AvgIpc) is 3.17. The molecule has 5 heteroatoms. The average molecular weight is 342 g/mol. The second-order valence-corrected chi connectivity index (χ2v) is 7.04. The third kappa shape index (κ3) is 5.23. The number of hydrogen-bond donors (Lipinski definition) is 2. The highest BCUT2D eigenvalue weighted by Crippen LogP contribution is 2.18. The van der Waals surface area contributed by atoms with Gasteiger partial charge in [-0.3, -0.25) is 4.90 Å². The number of carbonyl (C=O) groups excluding carboxylic acids is 1. The van der Waals surface area contributed by atoms with Gasteiger partial charge in [-0.2, -0.15) is 0 Å². The summed E-state index contributed by atoms with van der Waals surface area (Å²) in [5.41, 5.74) is 2.34. The summed E-state index contributed by atoms with van der Waals surface area (Å²) in [6.45, 7) is 7.56. The van der Waals surface area contributed by atoms with E-state index < -0.39 is 0 Å². The number of nitrogens with one attached hydrogen (secondary N) is 2. The van der Waals surface area contributed by atoms with Crippen LogP contribution in [0.4, 0.5) is 10.5 Å². The molecule has 0 spiro atoms. The van der Waals surface area contributed by atoms with Gasteiger partial charge in [-0.1, -0.05) is 30.7 Å². The molecule has 2 amide bonds. The van der Waals surface area contributed by atoms with Gasteiger partial charge in [-0.25, -0.2) is 4.79 Å². The van der Waals surface area contributed by atoms with Crippen LogP contribution in [0.5, 0.6) is 0 Å². The van der Waals surface area contributed by atoms with Gasteiger partial charge >= 0.3 is 6.03 Å². The summed E-state index contributed by atoms with van der Waals surface area (Å²) in [6.07, 6.45) is 8.25. The molecule has 0 saturated carbocycles. The SMILES string of the molecule is C[C@H]1CCCCN1CCNC(=O)NCc1cccc(N2CC=CC2)c1. The molecule has 1 saturated heterocycles. The van der Waals surface area contributed by atoms with Crippen LogP contribution in [0.1, 0.15) is 31.7 Å². The first kappa shape index (κ1) is 17.8. The Morgan fingerprint density at radius 3 is 2.84 bits per heavy atom. The normalized spacial score (nSPS) is 20.7. The molecule has 1 fully saturated rings. The molecular formula is C20H30N4O. The number of likely N-dealkylation sites (tertiary alicyclic amines) is 1. The summed E-state index contributed by atoms with van der Waals surface area (Å²) < 4.78 is 0. The lowest BCUT2D eigenvalue weighted by Crippen LogP contribution is -2.44. The standard InChI is InChI=1S/C20H30N4O/c1-17-7-2-3-11-23(17)14-10-21-20(25)22-16-18-8-6-9-19(15-18)24-12-4-5-13-24/h4-6,8-9,15,17H,2-3,7,10-14,16H2,1H3,(H2,21,22,25)/t17-/m0/s1. The third-order valence-corrected chi connectivity index (χ3v) is 5.17. The van der Waals surface area contributed by atoms with Crippen LogP contribution in [0.15, 0.2) is 36.4 Å². The molecule has 2 N–H and O–H groups in total. The molecule has 3 rings (SSSR count). The van der Waals surface area contributed by atoms with Crippen LogP contribution in [-0.2, 0) is 6.54 Å². The first-order valence-electron chi connectivity index (χ1n) is 9.47. The van der Waals surface area contributed by atoms with E-state index in [9.17, 15) is 4.79 Å². The summed E-state index contributed by atoms with van der Waals surface area (Å²) in [7, 11) is 0. The molecular weight excluding hydrogens is 312 g/mol. The van der Waals surface area contributed by atoms with Crippen molar-refractivity contribution in [2.45, 2.75) is 38.8 Å². The lowest BCUT2D eigenvalue weighted by molar-refractivity contribution is 0.161. The molecule has 0 unspecified atom stereocenters. The zero-order valence-electron chi connectivity index (χ0n) is 15.2. The Morgan fingerprint density at radius 1 is 1.20 bits per heavy atom. The predicted molar refractivity (Wildman–Crippen MR) is 103 cm³/mol. The van der Waals surface area contributed by atoms with Crippen LogP contribution in [0.2, 0.25) is 0 Å². The molecule has 1 aromatic carbocycles. The zero-order chi connectivity index (χ0) is 17.5. The van der Waals surface area contributed by atoms with Crippen molar-refractivity contribution in [2.24, 2.45) is 0 Å². The molecule has 0 aliphatic carbocycles. The molecule has 2 heterocycles. The van der Waals surface area contributed by atoms with Crippen LogP contribution in [-0.4, -0.2) is 49.7 Å². The number of hydrogen-bond acceptors (Lipinski definition) is 3. The lowest BCUT2D eigenvalue weighted by atomic mass is 10.0. The topological polar surface area (TPSA) is 47.6 Å². The van der Waals surface area contributed by atoms with Crippen LogP contribution in [0.3, 0.4) is 0 Å². The van der Waals surface area contributed by atoms with Crippen molar-refractivity contribution >= 4 is 11.7 Å². The van der Waals surface area contributed by atoms with E-state index in [2.05, 4.69) is 63.8 Å². The highest BCUT2D eigenvalue weighted by Gasteiger charge is 2.17. The van der Waals surface area contributed by atoms with Crippen LogP contribution in [0, 0.1) is 0 Å². The van der Waals surface area contributed by atoms with E-state index >= 15 is 0 Å². The van der Waals surface area contributed by atoms with Crippen molar-refractivity contribution in [2.75, 3.05) is 37.6 Å². The number of carbonyl (C=O) groups is 1. The van der Waals surface area contributed by atoms with Crippen molar-refractivity contribution in [3.63, 3.8) is 0 Å². The van der Waals surface area contributed by atoms with Gasteiger partial charge in [0.05, 0.1) is 0 Å². The number of benzene rings is 1.